The Hall–Kier alpha value is -0.720. The molecular formula is C13H20N2O2S2. The van der Waals surface area contributed by atoms with E-state index in [1.54, 1.807) is 28.6 Å². The summed E-state index contributed by atoms with van der Waals surface area (Å²) < 4.78 is 26.5. The summed E-state index contributed by atoms with van der Waals surface area (Å²) >= 11 is 1.82. The van der Waals surface area contributed by atoms with E-state index in [1.165, 1.54) is 0 Å². The van der Waals surface area contributed by atoms with E-state index in [0.717, 1.165) is 11.3 Å². The first-order valence-corrected chi connectivity index (χ1v) is 8.84. The van der Waals surface area contributed by atoms with Crippen molar-refractivity contribution in [1.82, 2.24) is 4.31 Å². The fourth-order valence-electron chi connectivity index (χ4n) is 2.20. The lowest BCUT2D eigenvalue weighted by Gasteiger charge is -2.36. The van der Waals surface area contributed by atoms with Crippen LogP contribution >= 0.6 is 11.8 Å². The fourth-order valence-corrected chi connectivity index (χ4v) is 5.18. The first-order valence-electron chi connectivity index (χ1n) is 6.25. The highest BCUT2D eigenvalue weighted by Crippen LogP contribution is 2.31. The molecule has 1 saturated heterocycles. The van der Waals surface area contributed by atoms with E-state index in [0.29, 0.717) is 18.8 Å². The SMILES string of the molecule is CC1(C)CN(S(=O)(=O)Cc2cccc(N)c2)CCS1. The van der Waals surface area contributed by atoms with Crippen LogP contribution in [-0.2, 0) is 15.8 Å². The van der Waals surface area contributed by atoms with Crippen LogP contribution in [0.3, 0.4) is 0 Å². The summed E-state index contributed by atoms with van der Waals surface area (Å²) in [5.74, 6) is 0.877. The summed E-state index contributed by atoms with van der Waals surface area (Å²) in [4.78, 5) is 0. The second-order valence-corrected chi connectivity index (χ2v) is 9.21. The Balaban J connectivity index is 2.14. The average Bonchev–Trinajstić information content (AvgIpc) is 2.27. The third-order valence-corrected chi connectivity index (χ3v) is 6.18. The minimum Gasteiger partial charge on any atom is -0.399 e. The first-order chi connectivity index (χ1) is 8.78. The van der Waals surface area contributed by atoms with Crippen LogP contribution in [0.15, 0.2) is 24.3 Å². The molecule has 19 heavy (non-hydrogen) atoms. The maximum atomic E-state index is 12.4. The molecule has 0 spiro atoms. The van der Waals surface area contributed by atoms with Crippen molar-refractivity contribution in [3.63, 3.8) is 0 Å². The molecule has 1 aliphatic rings. The van der Waals surface area contributed by atoms with Crippen LogP contribution in [0.5, 0.6) is 0 Å². The van der Waals surface area contributed by atoms with E-state index in [1.807, 2.05) is 11.8 Å². The summed E-state index contributed by atoms with van der Waals surface area (Å²) in [5, 5.41) is 0. The van der Waals surface area contributed by atoms with Gasteiger partial charge < -0.3 is 5.73 Å². The minimum absolute atomic E-state index is 0.0129. The molecule has 6 heteroatoms. The van der Waals surface area contributed by atoms with Crippen LogP contribution in [0.25, 0.3) is 0 Å². The highest BCUT2D eigenvalue weighted by atomic mass is 32.2. The third kappa shape index (κ3) is 3.87. The molecule has 1 fully saturated rings. The molecule has 0 bridgehead atoms. The van der Waals surface area contributed by atoms with E-state index in [2.05, 4.69) is 13.8 Å². The summed E-state index contributed by atoms with van der Waals surface area (Å²) in [5.41, 5.74) is 7.03. The van der Waals surface area contributed by atoms with Gasteiger partial charge in [0.25, 0.3) is 0 Å². The number of sulfonamides is 1. The molecule has 1 aromatic carbocycles. The highest BCUT2D eigenvalue weighted by molar-refractivity contribution is 8.00. The molecule has 0 amide bonds. The summed E-state index contributed by atoms with van der Waals surface area (Å²) in [6.07, 6.45) is 0. The molecule has 4 nitrogen and oxygen atoms in total. The third-order valence-electron chi connectivity index (χ3n) is 3.08. The van der Waals surface area contributed by atoms with Crippen molar-refractivity contribution in [1.29, 1.82) is 0 Å². The topological polar surface area (TPSA) is 63.4 Å². The number of nitrogens with two attached hydrogens (primary N) is 1. The molecule has 0 aliphatic carbocycles. The smallest absolute Gasteiger partial charge is 0.218 e. The minimum atomic E-state index is -3.26. The van der Waals surface area contributed by atoms with Crippen molar-refractivity contribution in [3.8, 4) is 0 Å². The molecule has 0 radical (unpaired) electrons. The van der Waals surface area contributed by atoms with Gasteiger partial charge in [-0.15, -0.1) is 0 Å². The van der Waals surface area contributed by atoms with Gasteiger partial charge >= 0.3 is 0 Å². The lowest BCUT2D eigenvalue weighted by atomic mass is 10.2. The fraction of sp³-hybridized carbons (Fsp3) is 0.538. The van der Waals surface area contributed by atoms with E-state index in [9.17, 15) is 8.42 Å². The number of hydrogen-bond acceptors (Lipinski definition) is 4. The quantitative estimate of drug-likeness (QED) is 0.866. The Morgan fingerprint density at radius 1 is 1.42 bits per heavy atom. The van der Waals surface area contributed by atoms with Gasteiger partial charge in [0, 0.05) is 29.3 Å². The van der Waals surface area contributed by atoms with Crippen LogP contribution in [0.2, 0.25) is 0 Å². The number of nitrogen functional groups attached to an aromatic ring is 1. The van der Waals surface area contributed by atoms with Gasteiger partial charge in [-0.3, -0.25) is 0 Å². The van der Waals surface area contributed by atoms with Crippen LogP contribution in [0.1, 0.15) is 19.4 Å². The summed E-state index contributed by atoms with van der Waals surface area (Å²) in [7, 11) is -3.26. The van der Waals surface area contributed by atoms with Crippen molar-refractivity contribution in [2.24, 2.45) is 0 Å². The molecule has 0 atom stereocenters. The highest BCUT2D eigenvalue weighted by Gasteiger charge is 2.33. The Morgan fingerprint density at radius 3 is 2.79 bits per heavy atom. The van der Waals surface area contributed by atoms with Crippen LogP contribution < -0.4 is 5.73 Å². The molecule has 1 heterocycles. The monoisotopic (exact) mass is 300 g/mol. The standard InChI is InChI=1S/C13H20N2O2S2/c1-13(2)10-15(6-7-18-13)19(16,17)9-11-4-3-5-12(14)8-11/h3-5,8H,6-7,9-10,14H2,1-2H3. The molecule has 106 valence electrons. The zero-order valence-corrected chi connectivity index (χ0v) is 12.9. The Bertz CT molecular complexity index is 556. The summed E-state index contributed by atoms with van der Waals surface area (Å²) in [6, 6.07) is 7.08. The Labute approximate surface area is 119 Å². The molecule has 2 rings (SSSR count). The van der Waals surface area contributed by atoms with Crippen LogP contribution in [0.4, 0.5) is 5.69 Å². The molecule has 0 saturated carbocycles. The maximum Gasteiger partial charge on any atom is 0.218 e. The molecule has 1 aliphatic heterocycles. The van der Waals surface area contributed by atoms with Gasteiger partial charge in [0.1, 0.15) is 0 Å². The number of benzene rings is 1. The van der Waals surface area contributed by atoms with E-state index < -0.39 is 10.0 Å². The molecule has 0 aromatic heterocycles. The normalized spacial score (nSPS) is 20.3. The number of hydrogen-bond donors (Lipinski definition) is 1. The lowest BCUT2D eigenvalue weighted by molar-refractivity contribution is 0.387. The van der Waals surface area contributed by atoms with Gasteiger partial charge in [0.15, 0.2) is 0 Å². The number of nitrogens with zero attached hydrogens (tertiary/aromatic N) is 1. The van der Waals surface area contributed by atoms with Crippen molar-refractivity contribution < 1.29 is 8.42 Å². The summed E-state index contributed by atoms with van der Waals surface area (Å²) in [6.45, 7) is 5.33. The van der Waals surface area contributed by atoms with Crippen molar-refractivity contribution >= 4 is 27.5 Å². The van der Waals surface area contributed by atoms with Gasteiger partial charge in [-0.05, 0) is 31.5 Å². The first kappa shape index (κ1) is 14.7. The van der Waals surface area contributed by atoms with Gasteiger partial charge in [-0.2, -0.15) is 16.1 Å². The number of anilines is 1. The largest absolute Gasteiger partial charge is 0.399 e. The lowest BCUT2D eigenvalue weighted by Crippen LogP contribution is -2.46. The zero-order chi connectivity index (χ0) is 14.1. The van der Waals surface area contributed by atoms with Crippen LogP contribution in [-0.4, -0.2) is 36.3 Å². The van der Waals surface area contributed by atoms with Gasteiger partial charge in [0.2, 0.25) is 10.0 Å². The predicted octanol–water partition coefficient (Wildman–Crippen LogP) is 1.93. The van der Waals surface area contributed by atoms with Gasteiger partial charge in [-0.1, -0.05) is 12.1 Å². The van der Waals surface area contributed by atoms with E-state index >= 15 is 0 Å². The van der Waals surface area contributed by atoms with E-state index in [4.69, 9.17) is 5.73 Å². The second-order valence-electron chi connectivity index (χ2n) is 5.44. The van der Waals surface area contributed by atoms with Crippen LogP contribution in [0, 0.1) is 0 Å². The van der Waals surface area contributed by atoms with Gasteiger partial charge in [0.05, 0.1) is 5.75 Å². The van der Waals surface area contributed by atoms with Gasteiger partial charge in [-0.25, -0.2) is 8.42 Å². The van der Waals surface area contributed by atoms with E-state index in [-0.39, 0.29) is 10.5 Å². The Kier molecular flexibility index (Phi) is 4.13. The average molecular weight is 300 g/mol. The van der Waals surface area contributed by atoms with Crippen molar-refractivity contribution in [2.75, 3.05) is 24.6 Å². The second kappa shape index (κ2) is 5.34. The number of thioether (sulfide) groups is 1. The van der Waals surface area contributed by atoms with Crippen molar-refractivity contribution in [2.45, 2.75) is 24.3 Å². The number of rotatable bonds is 3. The van der Waals surface area contributed by atoms with Crippen molar-refractivity contribution in [3.05, 3.63) is 29.8 Å². The molecule has 2 N–H and O–H groups in total. The molecular weight excluding hydrogens is 280 g/mol. The Morgan fingerprint density at radius 2 is 2.16 bits per heavy atom. The zero-order valence-electron chi connectivity index (χ0n) is 11.3. The maximum absolute atomic E-state index is 12.4. The predicted molar refractivity (Wildman–Crippen MR) is 81.6 cm³/mol. The molecule has 0 unspecified atom stereocenters. The molecule has 1 aromatic rings.